The molecule has 0 bridgehead atoms. The van der Waals surface area contributed by atoms with E-state index in [1.807, 2.05) is 6.07 Å². The van der Waals surface area contributed by atoms with E-state index in [0.717, 1.165) is 22.7 Å². The van der Waals surface area contributed by atoms with Crippen LogP contribution in [0.15, 0.2) is 22.7 Å². The second-order valence-electron chi connectivity index (χ2n) is 5.31. The Balaban J connectivity index is 1.91. The summed E-state index contributed by atoms with van der Waals surface area (Å²) in [7, 11) is 4.35. The van der Waals surface area contributed by atoms with Gasteiger partial charge in [0.2, 0.25) is 0 Å². The lowest BCUT2D eigenvalue weighted by atomic mass is 10.0. The predicted molar refractivity (Wildman–Crippen MR) is 80.5 cm³/mol. The number of halogens is 1. The van der Waals surface area contributed by atoms with Gasteiger partial charge in [-0.25, -0.2) is 0 Å². The summed E-state index contributed by atoms with van der Waals surface area (Å²) < 4.78 is 1.05. The molecular formula is C14H22BrN3. The Morgan fingerprint density at radius 1 is 1.33 bits per heavy atom. The number of benzene rings is 1. The summed E-state index contributed by atoms with van der Waals surface area (Å²) in [4.78, 5) is 4.84. The van der Waals surface area contributed by atoms with E-state index in [0.29, 0.717) is 0 Å². The van der Waals surface area contributed by atoms with Gasteiger partial charge in [-0.15, -0.1) is 0 Å². The molecule has 0 aromatic heterocycles. The fraction of sp³-hybridized carbons (Fsp3) is 0.571. The molecule has 1 aromatic rings. The van der Waals surface area contributed by atoms with E-state index in [2.05, 4.69) is 52.0 Å². The number of hydrogen-bond acceptors (Lipinski definition) is 3. The normalized spacial score (nSPS) is 18.4. The van der Waals surface area contributed by atoms with Gasteiger partial charge in [0.15, 0.2) is 0 Å². The number of piperidine rings is 1. The van der Waals surface area contributed by atoms with Crippen LogP contribution in [0.25, 0.3) is 0 Å². The van der Waals surface area contributed by atoms with Crippen LogP contribution in [0.3, 0.4) is 0 Å². The van der Waals surface area contributed by atoms with E-state index in [1.165, 1.54) is 31.5 Å². The highest BCUT2D eigenvalue weighted by Gasteiger charge is 2.20. The standard InChI is InChI=1S/C14H22BrN3/c1-17(2)13-5-7-18(8-6-13)10-11-3-4-12(15)9-14(11)16/h3-4,9,13H,5-8,10,16H2,1-2H3. The number of nitrogens with two attached hydrogens (primary N) is 1. The SMILES string of the molecule is CN(C)C1CCN(Cc2ccc(Br)cc2N)CC1. The monoisotopic (exact) mass is 311 g/mol. The van der Waals surface area contributed by atoms with Gasteiger partial charge >= 0.3 is 0 Å². The molecule has 100 valence electrons. The van der Waals surface area contributed by atoms with Crippen LogP contribution in [0.5, 0.6) is 0 Å². The maximum Gasteiger partial charge on any atom is 0.0371 e. The van der Waals surface area contributed by atoms with E-state index in [4.69, 9.17) is 5.73 Å². The number of anilines is 1. The first-order valence-corrected chi connectivity index (χ1v) is 7.28. The molecule has 0 unspecified atom stereocenters. The van der Waals surface area contributed by atoms with Crippen LogP contribution in [0.1, 0.15) is 18.4 Å². The zero-order chi connectivity index (χ0) is 13.1. The minimum atomic E-state index is 0.739. The van der Waals surface area contributed by atoms with Gasteiger partial charge in [0.1, 0.15) is 0 Å². The second-order valence-corrected chi connectivity index (χ2v) is 6.23. The average Bonchev–Trinajstić information content (AvgIpc) is 2.33. The molecule has 1 aliphatic heterocycles. The molecule has 0 atom stereocenters. The summed E-state index contributed by atoms with van der Waals surface area (Å²) in [5.74, 6) is 0. The molecule has 0 saturated carbocycles. The van der Waals surface area contributed by atoms with Crippen molar-refractivity contribution in [3.8, 4) is 0 Å². The maximum atomic E-state index is 6.05. The van der Waals surface area contributed by atoms with Gasteiger partial charge in [0.25, 0.3) is 0 Å². The molecule has 2 rings (SSSR count). The van der Waals surface area contributed by atoms with Gasteiger partial charge in [-0.05, 0) is 57.7 Å². The number of hydrogen-bond donors (Lipinski definition) is 1. The van der Waals surface area contributed by atoms with Crippen molar-refractivity contribution in [2.45, 2.75) is 25.4 Å². The van der Waals surface area contributed by atoms with Crippen LogP contribution >= 0.6 is 15.9 Å². The van der Waals surface area contributed by atoms with Crippen molar-refractivity contribution in [3.05, 3.63) is 28.2 Å². The Morgan fingerprint density at radius 3 is 2.56 bits per heavy atom. The first-order valence-electron chi connectivity index (χ1n) is 6.49. The van der Waals surface area contributed by atoms with E-state index in [-0.39, 0.29) is 0 Å². The lowest BCUT2D eigenvalue weighted by Gasteiger charge is -2.35. The van der Waals surface area contributed by atoms with Crippen LogP contribution in [-0.4, -0.2) is 43.0 Å². The highest BCUT2D eigenvalue weighted by atomic mass is 79.9. The van der Waals surface area contributed by atoms with Gasteiger partial charge in [-0.2, -0.15) is 0 Å². The Labute approximate surface area is 118 Å². The Kier molecular flexibility index (Phi) is 4.65. The van der Waals surface area contributed by atoms with Crippen molar-refractivity contribution in [1.29, 1.82) is 0 Å². The third kappa shape index (κ3) is 3.46. The number of nitrogens with zero attached hydrogens (tertiary/aromatic N) is 2. The van der Waals surface area contributed by atoms with Gasteiger partial charge < -0.3 is 10.6 Å². The quantitative estimate of drug-likeness (QED) is 0.871. The topological polar surface area (TPSA) is 32.5 Å². The highest BCUT2D eigenvalue weighted by molar-refractivity contribution is 9.10. The zero-order valence-corrected chi connectivity index (χ0v) is 12.8. The summed E-state index contributed by atoms with van der Waals surface area (Å²) in [6, 6.07) is 6.92. The Bertz CT molecular complexity index is 398. The molecule has 0 radical (unpaired) electrons. The summed E-state index contributed by atoms with van der Waals surface area (Å²) in [5.41, 5.74) is 8.17. The van der Waals surface area contributed by atoms with Crippen molar-refractivity contribution >= 4 is 21.6 Å². The molecule has 3 nitrogen and oxygen atoms in total. The maximum absolute atomic E-state index is 6.05. The molecule has 1 aromatic carbocycles. The number of nitrogen functional groups attached to an aromatic ring is 1. The fourth-order valence-corrected chi connectivity index (χ4v) is 2.92. The predicted octanol–water partition coefficient (Wildman–Crippen LogP) is 2.56. The van der Waals surface area contributed by atoms with Gasteiger partial charge in [0.05, 0.1) is 0 Å². The molecule has 4 heteroatoms. The molecule has 1 saturated heterocycles. The van der Waals surface area contributed by atoms with Crippen molar-refractivity contribution in [2.75, 3.05) is 32.9 Å². The van der Waals surface area contributed by atoms with Crippen molar-refractivity contribution in [2.24, 2.45) is 0 Å². The van der Waals surface area contributed by atoms with Crippen LogP contribution < -0.4 is 5.73 Å². The molecule has 0 aliphatic carbocycles. The van der Waals surface area contributed by atoms with Crippen molar-refractivity contribution in [3.63, 3.8) is 0 Å². The van der Waals surface area contributed by atoms with E-state index in [1.54, 1.807) is 0 Å². The largest absolute Gasteiger partial charge is 0.398 e. The minimum Gasteiger partial charge on any atom is -0.398 e. The summed E-state index contributed by atoms with van der Waals surface area (Å²) in [5, 5.41) is 0. The fourth-order valence-electron chi connectivity index (χ4n) is 2.54. The highest BCUT2D eigenvalue weighted by Crippen LogP contribution is 2.22. The average molecular weight is 312 g/mol. The third-order valence-electron chi connectivity index (χ3n) is 3.79. The smallest absolute Gasteiger partial charge is 0.0371 e. The summed E-state index contributed by atoms with van der Waals surface area (Å²) in [6.07, 6.45) is 2.51. The van der Waals surface area contributed by atoms with E-state index < -0.39 is 0 Å². The molecule has 2 N–H and O–H groups in total. The summed E-state index contributed by atoms with van der Waals surface area (Å²) in [6.45, 7) is 3.30. The molecule has 18 heavy (non-hydrogen) atoms. The summed E-state index contributed by atoms with van der Waals surface area (Å²) >= 11 is 3.45. The first-order chi connectivity index (χ1) is 8.56. The van der Waals surface area contributed by atoms with E-state index >= 15 is 0 Å². The van der Waals surface area contributed by atoms with Crippen LogP contribution in [0.2, 0.25) is 0 Å². The molecule has 0 amide bonds. The number of likely N-dealkylation sites (tertiary alicyclic amines) is 1. The lowest BCUT2D eigenvalue weighted by Crippen LogP contribution is -2.41. The van der Waals surface area contributed by atoms with Gasteiger partial charge in [-0.1, -0.05) is 22.0 Å². The third-order valence-corrected chi connectivity index (χ3v) is 4.28. The molecule has 1 fully saturated rings. The lowest BCUT2D eigenvalue weighted by molar-refractivity contribution is 0.140. The number of rotatable bonds is 3. The second kappa shape index (κ2) is 6.04. The van der Waals surface area contributed by atoms with Gasteiger partial charge in [-0.3, -0.25) is 4.90 Å². The van der Waals surface area contributed by atoms with Crippen LogP contribution in [0, 0.1) is 0 Å². The minimum absolute atomic E-state index is 0.739. The molecule has 1 heterocycles. The van der Waals surface area contributed by atoms with Crippen LogP contribution in [-0.2, 0) is 6.54 Å². The zero-order valence-electron chi connectivity index (χ0n) is 11.2. The van der Waals surface area contributed by atoms with Crippen molar-refractivity contribution in [1.82, 2.24) is 9.80 Å². The van der Waals surface area contributed by atoms with Crippen LogP contribution in [0.4, 0.5) is 5.69 Å². The molecule has 0 spiro atoms. The van der Waals surface area contributed by atoms with Crippen molar-refractivity contribution < 1.29 is 0 Å². The molecule has 1 aliphatic rings. The molecular weight excluding hydrogens is 290 g/mol. The van der Waals surface area contributed by atoms with E-state index in [9.17, 15) is 0 Å². The Hall–Kier alpha value is -0.580. The Morgan fingerprint density at radius 2 is 2.00 bits per heavy atom. The first kappa shape index (κ1) is 13.8. The van der Waals surface area contributed by atoms with Gasteiger partial charge in [0, 0.05) is 22.7 Å².